The minimum atomic E-state index is -0.690. The number of rotatable bonds is 14. The molecule has 0 aliphatic carbocycles. The molecule has 0 bridgehead atoms. The first-order chi connectivity index (χ1) is 26.1. The van der Waals surface area contributed by atoms with Crippen molar-refractivity contribution in [1.82, 2.24) is 9.78 Å². The molecular formula is C41H43Cl3N6O5. The summed E-state index contributed by atoms with van der Waals surface area (Å²) in [6.45, 7) is 12.9. The van der Waals surface area contributed by atoms with Crippen LogP contribution in [0, 0.1) is 0 Å². The number of carbonyl (C=O) groups excluding carboxylic acids is 2. The van der Waals surface area contributed by atoms with E-state index in [0.717, 1.165) is 23.1 Å². The standard InChI is InChI=1S/C41H43Cl3N6O5/c1-8-40(3,4)25-12-19-33(30(20-25)41(5,6)9-2)55-23-34(51)45-27-13-10-24(11-14-27)38(52)46-37-35(48-47-28-15-17-29(54-7)18-16-28)39(53)50(49-37)36-31(43)21-26(42)22-32(36)44/h10-22,49H,8-9,23H2,1-7H3,(H,45,51)(H,46,52). The van der Waals surface area contributed by atoms with Crippen molar-refractivity contribution in [3.8, 4) is 17.2 Å². The smallest absolute Gasteiger partial charge is 0.301 e. The topological polar surface area (TPSA) is 139 Å². The molecule has 288 valence electrons. The number of hydrogen-bond acceptors (Lipinski definition) is 7. The monoisotopic (exact) mass is 804 g/mol. The van der Waals surface area contributed by atoms with E-state index < -0.39 is 11.5 Å². The number of nitrogens with zero attached hydrogens (tertiary/aromatic N) is 3. The van der Waals surface area contributed by atoms with Crippen LogP contribution in [0.1, 0.15) is 75.9 Å². The predicted octanol–water partition coefficient (Wildman–Crippen LogP) is 11.2. The van der Waals surface area contributed by atoms with Crippen LogP contribution in [-0.4, -0.2) is 35.3 Å². The molecule has 0 saturated heterocycles. The highest BCUT2D eigenvalue weighted by Crippen LogP contribution is 2.39. The average molecular weight is 806 g/mol. The van der Waals surface area contributed by atoms with E-state index in [-0.39, 0.29) is 61.2 Å². The largest absolute Gasteiger partial charge is 0.497 e. The molecule has 0 saturated carbocycles. The summed E-state index contributed by atoms with van der Waals surface area (Å²) < 4.78 is 12.3. The second kappa shape index (κ2) is 17.1. The zero-order chi connectivity index (χ0) is 40.1. The van der Waals surface area contributed by atoms with Gasteiger partial charge in [-0.25, -0.2) is 4.68 Å². The van der Waals surface area contributed by atoms with E-state index in [4.69, 9.17) is 44.3 Å². The number of amides is 2. The number of halogens is 3. The first kappa shape index (κ1) is 41.1. The second-order valence-electron chi connectivity index (χ2n) is 14.1. The van der Waals surface area contributed by atoms with E-state index in [9.17, 15) is 14.4 Å². The van der Waals surface area contributed by atoms with Crippen molar-refractivity contribution < 1.29 is 19.1 Å². The van der Waals surface area contributed by atoms with Gasteiger partial charge < -0.3 is 20.1 Å². The highest BCUT2D eigenvalue weighted by molar-refractivity contribution is 6.40. The third-order valence-electron chi connectivity index (χ3n) is 9.70. The number of aromatic amines is 1. The molecule has 0 aliphatic heterocycles. The van der Waals surface area contributed by atoms with E-state index in [2.05, 4.69) is 79.6 Å². The van der Waals surface area contributed by atoms with Gasteiger partial charge in [-0.15, -0.1) is 5.11 Å². The number of anilines is 2. The average Bonchev–Trinajstić information content (AvgIpc) is 3.45. The van der Waals surface area contributed by atoms with Gasteiger partial charge in [-0.2, -0.15) is 5.11 Å². The molecule has 3 N–H and O–H groups in total. The Kier molecular flexibility index (Phi) is 12.8. The van der Waals surface area contributed by atoms with Crippen molar-refractivity contribution in [2.45, 2.75) is 65.2 Å². The summed E-state index contributed by atoms with van der Waals surface area (Å²) in [4.78, 5) is 40.1. The van der Waals surface area contributed by atoms with Crippen LogP contribution in [0.4, 0.5) is 22.9 Å². The van der Waals surface area contributed by atoms with E-state index in [1.807, 2.05) is 6.07 Å². The first-order valence-corrected chi connectivity index (χ1v) is 18.7. The lowest BCUT2D eigenvalue weighted by molar-refractivity contribution is -0.118. The molecule has 0 aliphatic rings. The highest BCUT2D eigenvalue weighted by Gasteiger charge is 2.27. The van der Waals surface area contributed by atoms with Gasteiger partial charge in [-0.1, -0.05) is 88.5 Å². The number of ether oxygens (including phenoxy) is 2. The summed E-state index contributed by atoms with van der Waals surface area (Å²) >= 11 is 18.9. The summed E-state index contributed by atoms with van der Waals surface area (Å²) in [5.74, 6) is 0.273. The molecule has 1 aromatic heterocycles. The van der Waals surface area contributed by atoms with Gasteiger partial charge in [0.25, 0.3) is 11.8 Å². The molecule has 14 heteroatoms. The third kappa shape index (κ3) is 9.59. The Morgan fingerprint density at radius 3 is 2.05 bits per heavy atom. The molecule has 0 atom stereocenters. The number of hydrogen-bond donors (Lipinski definition) is 3. The van der Waals surface area contributed by atoms with E-state index in [1.54, 1.807) is 36.4 Å². The SMILES string of the molecule is CCC(C)(C)c1ccc(OCC(=O)Nc2ccc(C(=O)Nc3[nH]n(-c4c(Cl)cc(Cl)cc4Cl)c(=O)c3N=Nc3ccc(OC)cc3)cc2)c(C(C)(C)CC)c1. The van der Waals surface area contributed by atoms with Crippen molar-refractivity contribution in [2.75, 3.05) is 24.4 Å². The summed E-state index contributed by atoms with van der Waals surface area (Å²) in [5.41, 5.74) is 2.43. The zero-order valence-electron chi connectivity index (χ0n) is 31.6. The molecule has 11 nitrogen and oxygen atoms in total. The Labute approximate surface area is 335 Å². The minimum absolute atomic E-state index is 0.00513. The Hall–Kier alpha value is -5.10. The Balaban J connectivity index is 1.33. The molecule has 5 rings (SSSR count). The number of aromatic nitrogens is 2. The molecule has 0 unspecified atom stereocenters. The van der Waals surface area contributed by atoms with Crippen molar-refractivity contribution >= 4 is 69.5 Å². The molecule has 55 heavy (non-hydrogen) atoms. The highest BCUT2D eigenvalue weighted by atomic mass is 35.5. The summed E-state index contributed by atoms with van der Waals surface area (Å²) in [6, 6.07) is 22.0. The molecule has 0 spiro atoms. The Morgan fingerprint density at radius 1 is 0.818 bits per heavy atom. The van der Waals surface area contributed by atoms with Crippen LogP contribution >= 0.6 is 34.8 Å². The molecule has 2 amide bonds. The maximum atomic E-state index is 13.7. The van der Waals surface area contributed by atoms with E-state index >= 15 is 0 Å². The lowest BCUT2D eigenvalue weighted by Crippen LogP contribution is -2.24. The zero-order valence-corrected chi connectivity index (χ0v) is 33.9. The van der Waals surface area contributed by atoms with E-state index in [0.29, 0.717) is 22.9 Å². The van der Waals surface area contributed by atoms with Gasteiger partial charge in [0, 0.05) is 21.8 Å². The molecule has 0 fully saturated rings. The lowest BCUT2D eigenvalue weighted by Gasteiger charge is -2.30. The van der Waals surface area contributed by atoms with Crippen molar-refractivity contribution in [3.63, 3.8) is 0 Å². The van der Waals surface area contributed by atoms with Gasteiger partial charge in [0.05, 0.1) is 22.8 Å². The van der Waals surface area contributed by atoms with Gasteiger partial charge in [-0.05, 0) is 96.0 Å². The number of methoxy groups -OCH3 is 1. The fourth-order valence-electron chi connectivity index (χ4n) is 5.50. The van der Waals surface area contributed by atoms with Crippen LogP contribution in [0.2, 0.25) is 15.1 Å². The fraction of sp³-hybridized carbons (Fsp3) is 0.293. The maximum absolute atomic E-state index is 13.7. The van der Waals surface area contributed by atoms with Crippen LogP contribution in [0.15, 0.2) is 93.9 Å². The van der Waals surface area contributed by atoms with Gasteiger partial charge in [-0.3, -0.25) is 19.5 Å². The van der Waals surface area contributed by atoms with Crippen molar-refractivity contribution in [2.24, 2.45) is 10.2 Å². The van der Waals surface area contributed by atoms with Crippen LogP contribution in [0.3, 0.4) is 0 Å². The summed E-state index contributed by atoms with van der Waals surface area (Å²) in [7, 11) is 1.54. The predicted molar refractivity (Wildman–Crippen MR) is 220 cm³/mol. The second-order valence-corrected chi connectivity index (χ2v) is 15.4. The Bertz CT molecular complexity index is 2260. The van der Waals surface area contributed by atoms with Gasteiger partial charge in [0.15, 0.2) is 18.1 Å². The van der Waals surface area contributed by atoms with Gasteiger partial charge >= 0.3 is 5.56 Å². The third-order valence-corrected chi connectivity index (χ3v) is 10.5. The number of H-pyrrole nitrogens is 1. The van der Waals surface area contributed by atoms with Gasteiger partial charge in [0.1, 0.15) is 17.2 Å². The minimum Gasteiger partial charge on any atom is -0.497 e. The Morgan fingerprint density at radius 2 is 1.45 bits per heavy atom. The van der Waals surface area contributed by atoms with Crippen molar-refractivity contribution in [3.05, 3.63) is 121 Å². The fourth-order valence-corrected chi connectivity index (χ4v) is 6.49. The number of nitrogens with one attached hydrogen (secondary N) is 3. The lowest BCUT2D eigenvalue weighted by atomic mass is 9.76. The molecule has 1 heterocycles. The molecular weight excluding hydrogens is 763 g/mol. The number of azo groups is 1. The number of benzene rings is 4. The van der Waals surface area contributed by atoms with Crippen LogP contribution in [-0.2, 0) is 15.6 Å². The quantitative estimate of drug-likeness (QED) is 0.0959. The van der Waals surface area contributed by atoms with Crippen LogP contribution < -0.4 is 25.7 Å². The first-order valence-electron chi connectivity index (χ1n) is 17.6. The molecule has 5 aromatic rings. The normalized spacial score (nSPS) is 11.8. The maximum Gasteiger partial charge on any atom is 0.301 e. The van der Waals surface area contributed by atoms with Crippen LogP contribution in [0.25, 0.3) is 5.69 Å². The van der Waals surface area contributed by atoms with Gasteiger partial charge in [0.2, 0.25) is 0 Å². The summed E-state index contributed by atoms with van der Waals surface area (Å²) in [5, 5.41) is 17.1. The molecule has 0 radical (unpaired) electrons. The molecule has 4 aromatic carbocycles. The van der Waals surface area contributed by atoms with E-state index in [1.165, 1.54) is 36.9 Å². The number of carbonyl (C=O) groups is 2. The van der Waals surface area contributed by atoms with Crippen LogP contribution in [0.5, 0.6) is 11.5 Å². The van der Waals surface area contributed by atoms with Crippen molar-refractivity contribution in [1.29, 1.82) is 0 Å². The summed E-state index contributed by atoms with van der Waals surface area (Å²) in [6.07, 6.45) is 1.88.